The summed E-state index contributed by atoms with van der Waals surface area (Å²) in [5.74, 6) is 0. The average molecular weight is 240 g/mol. The van der Waals surface area contributed by atoms with Gasteiger partial charge in [0.25, 0.3) is 0 Å². The van der Waals surface area contributed by atoms with Crippen molar-refractivity contribution >= 4 is 0 Å². The Kier molecular flexibility index (Phi) is 5.26. The standard InChI is InChI=1S/C14H28N2O/c1-3-13(2)16-9-7-15(8-10-16)12-14-6-4-5-11-17-14/h13-14H,3-12H2,1-2H3. The summed E-state index contributed by atoms with van der Waals surface area (Å²) in [5, 5.41) is 0. The van der Waals surface area contributed by atoms with E-state index in [0.717, 1.165) is 19.2 Å². The summed E-state index contributed by atoms with van der Waals surface area (Å²) in [6, 6.07) is 0.753. The molecule has 0 aliphatic carbocycles. The fourth-order valence-corrected chi connectivity index (χ4v) is 2.88. The number of hydrogen-bond donors (Lipinski definition) is 0. The van der Waals surface area contributed by atoms with Gasteiger partial charge in [0.2, 0.25) is 0 Å². The fraction of sp³-hybridized carbons (Fsp3) is 1.00. The molecule has 0 spiro atoms. The summed E-state index contributed by atoms with van der Waals surface area (Å²) >= 11 is 0. The van der Waals surface area contributed by atoms with Gasteiger partial charge in [0.1, 0.15) is 0 Å². The minimum atomic E-state index is 0.513. The monoisotopic (exact) mass is 240 g/mol. The molecule has 0 amide bonds. The quantitative estimate of drug-likeness (QED) is 0.747. The Labute approximate surface area is 106 Å². The molecule has 2 aliphatic rings. The molecule has 2 rings (SSSR count). The van der Waals surface area contributed by atoms with E-state index >= 15 is 0 Å². The molecule has 0 aromatic rings. The molecule has 17 heavy (non-hydrogen) atoms. The van der Waals surface area contributed by atoms with Crippen LogP contribution in [0.5, 0.6) is 0 Å². The smallest absolute Gasteiger partial charge is 0.0702 e. The predicted octanol–water partition coefficient (Wildman–Crippen LogP) is 1.97. The minimum Gasteiger partial charge on any atom is -0.377 e. The van der Waals surface area contributed by atoms with Gasteiger partial charge in [-0.25, -0.2) is 0 Å². The van der Waals surface area contributed by atoms with Gasteiger partial charge < -0.3 is 4.74 Å². The lowest BCUT2D eigenvalue weighted by atomic mass is 10.1. The zero-order valence-electron chi connectivity index (χ0n) is 11.5. The highest BCUT2D eigenvalue weighted by Crippen LogP contribution is 2.15. The van der Waals surface area contributed by atoms with E-state index in [2.05, 4.69) is 23.6 Å². The van der Waals surface area contributed by atoms with Crippen LogP contribution in [0.1, 0.15) is 39.5 Å². The summed E-state index contributed by atoms with van der Waals surface area (Å²) in [6.07, 6.45) is 5.67. The minimum absolute atomic E-state index is 0.513. The maximum atomic E-state index is 5.82. The molecule has 2 atom stereocenters. The van der Waals surface area contributed by atoms with Crippen LogP contribution in [-0.4, -0.2) is 61.3 Å². The van der Waals surface area contributed by atoms with Crippen LogP contribution in [0.2, 0.25) is 0 Å². The molecular weight excluding hydrogens is 212 g/mol. The lowest BCUT2D eigenvalue weighted by Gasteiger charge is -2.39. The van der Waals surface area contributed by atoms with Crippen molar-refractivity contribution in [2.75, 3.05) is 39.3 Å². The van der Waals surface area contributed by atoms with Gasteiger partial charge in [-0.15, -0.1) is 0 Å². The molecule has 2 fully saturated rings. The number of rotatable bonds is 4. The maximum absolute atomic E-state index is 5.82. The van der Waals surface area contributed by atoms with Gasteiger partial charge in [-0.05, 0) is 32.6 Å². The third-order valence-corrected chi connectivity index (χ3v) is 4.36. The van der Waals surface area contributed by atoms with Crippen molar-refractivity contribution < 1.29 is 4.74 Å². The van der Waals surface area contributed by atoms with Crippen LogP contribution in [-0.2, 0) is 4.74 Å². The Morgan fingerprint density at radius 1 is 1.18 bits per heavy atom. The Bertz CT molecular complexity index is 208. The zero-order chi connectivity index (χ0) is 12.1. The number of ether oxygens (including phenoxy) is 1. The molecular formula is C14H28N2O. The second-order valence-corrected chi connectivity index (χ2v) is 5.58. The highest BCUT2D eigenvalue weighted by atomic mass is 16.5. The van der Waals surface area contributed by atoms with E-state index < -0.39 is 0 Å². The van der Waals surface area contributed by atoms with Crippen LogP contribution in [0.4, 0.5) is 0 Å². The van der Waals surface area contributed by atoms with Crippen molar-refractivity contribution in [1.82, 2.24) is 9.80 Å². The van der Waals surface area contributed by atoms with Crippen LogP contribution < -0.4 is 0 Å². The molecule has 0 saturated carbocycles. The predicted molar refractivity (Wildman–Crippen MR) is 71.4 cm³/mol. The SMILES string of the molecule is CCC(C)N1CCN(CC2CCCCO2)CC1. The van der Waals surface area contributed by atoms with Gasteiger partial charge in [0, 0.05) is 45.4 Å². The van der Waals surface area contributed by atoms with Gasteiger partial charge in [-0.2, -0.15) is 0 Å². The summed E-state index contributed by atoms with van der Waals surface area (Å²) in [4.78, 5) is 5.22. The Balaban J connectivity index is 1.67. The first-order chi connectivity index (χ1) is 8.29. The molecule has 3 heteroatoms. The molecule has 2 saturated heterocycles. The third-order valence-electron chi connectivity index (χ3n) is 4.36. The van der Waals surface area contributed by atoms with Crippen LogP contribution in [0.25, 0.3) is 0 Å². The number of piperazine rings is 1. The molecule has 2 unspecified atom stereocenters. The molecule has 0 bridgehead atoms. The summed E-state index contributed by atoms with van der Waals surface area (Å²) < 4.78 is 5.82. The van der Waals surface area contributed by atoms with Crippen LogP contribution in [0.3, 0.4) is 0 Å². The molecule has 2 aliphatic heterocycles. The van der Waals surface area contributed by atoms with E-state index in [-0.39, 0.29) is 0 Å². The van der Waals surface area contributed by atoms with Crippen LogP contribution in [0.15, 0.2) is 0 Å². The molecule has 0 radical (unpaired) electrons. The van der Waals surface area contributed by atoms with E-state index in [0.29, 0.717) is 6.10 Å². The van der Waals surface area contributed by atoms with E-state index in [9.17, 15) is 0 Å². The normalized spacial score (nSPS) is 30.4. The van der Waals surface area contributed by atoms with Gasteiger partial charge >= 0.3 is 0 Å². The summed E-state index contributed by atoms with van der Waals surface area (Å²) in [5.41, 5.74) is 0. The van der Waals surface area contributed by atoms with Gasteiger partial charge in [0.05, 0.1) is 6.10 Å². The van der Waals surface area contributed by atoms with Crippen molar-refractivity contribution in [3.05, 3.63) is 0 Å². The van der Waals surface area contributed by atoms with Crippen molar-refractivity contribution in [3.8, 4) is 0 Å². The first-order valence-electron chi connectivity index (χ1n) is 7.37. The lowest BCUT2D eigenvalue weighted by molar-refractivity contribution is -0.0165. The maximum Gasteiger partial charge on any atom is 0.0702 e. The highest BCUT2D eigenvalue weighted by Gasteiger charge is 2.23. The highest BCUT2D eigenvalue weighted by molar-refractivity contribution is 4.78. The first kappa shape index (κ1) is 13.3. The average Bonchev–Trinajstić information content (AvgIpc) is 2.40. The van der Waals surface area contributed by atoms with E-state index in [1.165, 1.54) is 51.9 Å². The van der Waals surface area contributed by atoms with Crippen LogP contribution >= 0.6 is 0 Å². The number of hydrogen-bond acceptors (Lipinski definition) is 3. The zero-order valence-corrected chi connectivity index (χ0v) is 11.5. The number of nitrogens with zero attached hydrogens (tertiary/aromatic N) is 2. The topological polar surface area (TPSA) is 15.7 Å². The molecule has 100 valence electrons. The van der Waals surface area contributed by atoms with Crippen molar-refractivity contribution in [2.45, 2.75) is 51.7 Å². The van der Waals surface area contributed by atoms with E-state index in [4.69, 9.17) is 4.74 Å². The van der Waals surface area contributed by atoms with E-state index in [1.54, 1.807) is 0 Å². The Morgan fingerprint density at radius 2 is 1.94 bits per heavy atom. The Hall–Kier alpha value is -0.120. The summed E-state index contributed by atoms with van der Waals surface area (Å²) in [6.45, 7) is 11.7. The second-order valence-electron chi connectivity index (χ2n) is 5.58. The molecule has 2 heterocycles. The Morgan fingerprint density at radius 3 is 2.53 bits per heavy atom. The largest absolute Gasteiger partial charge is 0.377 e. The molecule has 0 aromatic heterocycles. The first-order valence-corrected chi connectivity index (χ1v) is 7.37. The molecule has 0 N–H and O–H groups in total. The van der Waals surface area contributed by atoms with Crippen LogP contribution in [0, 0.1) is 0 Å². The molecule has 3 nitrogen and oxygen atoms in total. The second kappa shape index (κ2) is 6.72. The van der Waals surface area contributed by atoms with Gasteiger partial charge in [-0.1, -0.05) is 6.92 Å². The fourth-order valence-electron chi connectivity index (χ4n) is 2.88. The third kappa shape index (κ3) is 3.94. The van der Waals surface area contributed by atoms with Gasteiger partial charge in [0.15, 0.2) is 0 Å². The van der Waals surface area contributed by atoms with Crippen molar-refractivity contribution in [3.63, 3.8) is 0 Å². The summed E-state index contributed by atoms with van der Waals surface area (Å²) in [7, 11) is 0. The van der Waals surface area contributed by atoms with Gasteiger partial charge in [-0.3, -0.25) is 9.80 Å². The lowest BCUT2D eigenvalue weighted by Crippen LogP contribution is -2.51. The molecule has 0 aromatic carbocycles. The van der Waals surface area contributed by atoms with Crippen molar-refractivity contribution in [1.29, 1.82) is 0 Å². The van der Waals surface area contributed by atoms with E-state index in [1.807, 2.05) is 0 Å². The van der Waals surface area contributed by atoms with Crippen molar-refractivity contribution in [2.24, 2.45) is 0 Å².